The minimum absolute atomic E-state index is 0.0654. The molecule has 0 unspecified atom stereocenters. The van der Waals surface area contributed by atoms with Crippen LogP contribution in [0.3, 0.4) is 0 Å². The first-order chi connectivity index (χ1) is 23.4. The average Bonchev–Trinajstić information content (AvgIpc) is 3.06. The lowest BCUT2D eigenvalue weighted by molar-refractivity contribution is -0.167. The van der Waals surface area contributed by atoms with Crippen LogP contribution in [0.25, 0.3) is 0 Å². The number of unbranched alkanes of at least 4 members (excludes halogenated alkanes) is 24. The van der Waals surface area contributed by atoms with Gasteiger partial charge in [-0.2, -0.15) is 0 Å². The summed E-state index contributed by atoms with van der Waals surface area (Å²) in [4.78, 5) is 37.4. The number of esters is 3. The second kappa shape index (κ2) is 36.7. The summed E-state index contributed by atoms with van der Waals surface area (Å²) in [5.74, 6) is -0.0711. The summed E-state index contributed by atoms with van der Waals surface area (Å²) in [5, 5.41) is 0. The Labute approximate surface area is 298 Å². The molecule has 0 saturated carbocycles. The molecule has 0 aliphatic rings. The standard InChI is InChI=1S/C42H80O6/c1-5-7-9-11-13-14-15-16-17-23-27-31-35-42(45)48-39(36-46-40(43)33-29-25-20-12-10-8-6-2)37-47-41(44)34-30-26-22-19-18-21-24-28-32-38(3)4/h38-39H,5-37H2,1-4H3/t39-/m1/s1. The zero-order valence-corrected chi connectivity index (χ0v) is 32.4. The van der Waals surface area contributed by atoms with Gasteiger partial charge in [-0.05, 0) is 25.2 Å². The van der Waals surface area contributed by atoms with Crippen LogP contribution in [0.2, 0.25) is 0 Å². The molecular weight excluding hydrogens is 600 g/mol. The summed E-state index contributed by atoms with van der Waals surface area (Å²) < 4.78 is 16.6. The maximum absolute atomic E-state index is 12.6. The maximum Gasteiger partial charge on any atom is 0.306 e. The van der Waals surface area contributed by atoms with E-state index >= 15 is 0 Å². The molecule has 0 aliphatic carbocycles. The molecule has 6 heteroatoms. The van der Waals surface area contributed by atoms with Crippen molar-refractivity contribution < 1.29 is 28.6 Å². The van der Waals surface area contributed by atoms with E-state index in [9.17, 15) is 14.4 Å². The molecule has 0 aromatic carbocycles. The van der Waals surface area contributed by atoms with Gasteiger partial charge in [0.2, 0.25) is 0 Å². The SMILES string of the molecule is CCCCCCCCCCCCCCC(=O)O[C@H](COC(=O)CCCCCCCCC)COC(=O)CCCCCCCCCCC(C)C. The highest BCUT2D eigenvalue weighted by Gasteiger charge is 2.19. The third-order valence-corrected chi connectivity index (χ3v) is 9.29. The third kappa shape index (κ3) is 35.7. The Bertz CT molecular complexity index is 721. The van der Waals surface area contributed by atoms with Crippen LogP contribution >= 0.6 is 0 Å². The van der Waals surface area contributed by atoms with Crippen molar-refractivity contribution in [1.29, 1.82) is 0 Å². The third-order valence-electron chi connectivity index (χ3n) is 9.29. The second-order valence-electron chi connectivity index (χ2n) is 14.7. The van der Waals surface area contributed by atoms with Crippen molar-refractivity contribution in [3.63, 3.8) is 0 Å². The molecule has 0 aliphatic heterocycles. The quantitative estimate of drug-likeness (QED) is 0.0369. The van der Waals surface area contributed by atoms with Gasteiger partial charge in [0, 0.05) is 19.3 Å². The predicted octanol–water partition coefficient (Wildman–Crippen LogP) is 12.8. The highest BCUT2D eigenvalue weighted by Crippen LogP contribution is 2.15. The van der Waals surface area contributed by atoms with Crippen molar-refractivity contribution in [3.05, 3.63) is 0 Å². The minimum Gasteiger partial charge on any atom is -0.462 e. The van der Waals surface area contributed by atoms with Gasteiger partial charge in [-0.15, -0.1) is 0 Å². The van der Waals surface area contributed by atoms with Crippen LogP contribution in [0.5, 0.6) is 0 Å². The first-order valence-electron chi connectivity index (χ1n) is 20.9. The fraction of sp³-hybridized carbons (Fsp3) is 0.929. The summed E-state index contributed by atoms with van der Waals surface area (Å²) in [5.41, 5.74) is 0. The van der Waals surface area contributed by atoms with E-state index in [0.717, 1.165) is 63.7 Å². The molecule has 48 heavy (non-hydrogen) atoms. The van der Waals surface area contributed by atoms with Gasteiger partial charge in [0.05, 0.1) is 0 Å². The smallest absolute Gasteiger partial charge is 0.306 e. The van der Waals surface area contributed by atoms with E-state index in [-0.39, 0.29) is 31.1 Å². The van der Waals surface area contributed by atoms with Crippen molar-refractivity contribution >= 4 is 17.9 Å². The Morgan fingerprint density at radius 2 is 0.688 bits per heavy atom. The number of carbonyl (C=O) groups excluding carboxylic acids is 3. The first-order valence-corrected chi connectivity index (χ1v) is 20.9. The van der Waals surface area contributed by atoms with Gasteiger partial charge in [0.15, 0.2) is 6.10 Å². The predicted molar refractivity (Wildman–Crippen MR) is 201 cm³/mol. The van der Waals surface area contributed by atoms with Gasteiger partial charge in [-0.3, -0.25) is 14.4 Å². The normalized spacial score (nSPS) is 11.9. The maximum atomic E-state index is 12.6. The van der Waals surface area contributed by atoms with Crippen LogP contribution in [-0.2, 0) is 28.6 Å². The van der Waals surface area contributed by atoms with E-state index in [1.165, 1.54) is 122 Å². The summed E-state index contributed by atoms with van der Waals surface area (Å²) >= 11 is 0. The van der Waals surface area contributed by atoms with Crippen molar-refractivity contribution in [3.8, 4) is 0 Å². The van der Waals surface area contributed by atoms with Crippen LogP contribution in [0, 0.1) is 5.92 Å². The average molecular weight is 681 g/mol. The first kappa shape index (κ1) is 46.4. The molecule has 0 radical (unpaired) electrons. The van der Waals surface area contributed by atoms with E-state index in [0.29, 0.717) is 19.3 Å². The fourth-order valence-corrected chi connectivity index (χ4v) is 6.10. The molecule has 0 bridgehead atoms. The van der Waals surface area contributed by atoms with Crippen molar-refractivity contribution in [2.45, 2.75) is 233 Å². The van der Waals surface area contributed by atoms with Gasteiger partial charge in [-0.25, -0.2) is 0 Å². The Balaban J connectivity index is 4.31. The summed E-state index contributed by atoms with van der Waals surface area (Å²) in [7, 11) is 0. The van der Waals surface area contributed by atoms with E-state index in [4.69, 9.17) is 14.2 Å². The molecule has 6 nitrogen and oxygen atoms in total. The summed E-state index contributed by atoms with van der Waals surface area (Å²) in [6, 6.07) is 0. The summed E-state index contributed by atoms with van der Waals surface area (Å²) in [6.07, 6.45) is 33.8. The number of ether oxygens (including phenoxy) is 3. The second-order valence-corrected chi connectivity index (χ2v) is 14.7. The molecule has 0 saturated heterocycles. The van der Waals surface area contributed by atoms with Crippen LogP contribution in [0.1, 0.15) is 227 Å². The number of hydrogen-bond acceptors (Lipinski definition) is 6. The molecule has 0 aromatic heterocycles. The zero-order valence-electron chi connectivity index (χ0n) is 32.4. The Hall–Kier alpha value is -1.59. The Morgan fingerprint density at radius 1 is 0.396 bits per heavy atom. The van der Waals surface area contributed by atoms with Gasteiger partial charge >= 0.3 is 17.9 Å². The topological polar surface area (TPSA) is 78.9 Å². The van der Waals surface area contributed by atoms with E-state index in [2.05, 4.69) is 27.7 Å². The molecule has 0 heterocycles. The lowest BCUT2D eigenvalue weighted by Gasteiger charge is -2.18. The molecule has 0 spiro atoms. The highest BCUT2D eigenvalue weighted by atomic mass is 16.6. The lowest BCUT2D eigenvalue weighted by atomic mass is 10.0. The lowest BCUT2D eigenvalue weighted by Crippen LogP contribution is -2.30. The van der Waals surface area contributed by atoms with Crippen LogP contribution in [-0.4, -0.2) is 37.2 Å². The Morgan fingerprint density at radius 3 is 1.02 bits per heavy atom. The molecule has 284 valence electrons. The fourth-order valence-electron chi connectivity index (χ4n) is 6.10. The molecule has 0 rings (SSSR count). The number of rotatable bonds is 37. The molecule has 0 amide bonds. The van der Waals surface area contributed by atoms with Gasteiger partial charge in [0.1, 0.15) is 13.2 Å². The summed E-state index contributed by atoms with van der Waals surface area (Å²) in [6.45, 7) is 8.90. The van der Waals surface area contributed by atoms with Crippen molar-refractivity contribution in [2.75, 3.05) is 13.2 Å². The largest absolute Gasteiger partial charge is 0.462 e. The number of hydrogen-bond donors (Lipinski definition) is 0. The Kier molecular flexibility index (Phi) is 35.5. The van der Waals surface area contributed by atoms with E-state index in [1.807, 2.05) is 0 Å². The molecule has 0 fully saturated rings. The van der Waals surface area contributed by atoms with Gasteiger partial charge < -0.3 is 14.2 Å². The molecule has 0 N–H and O–H groups in total. The highest BCUT2D eigenvalue weighted by molar-refractivity contribution is 5.71. The van der Waals surface area contributed by atoms with Crippen LogP contribution in [0.15, 0.2) is 0 Å². The zero-order chi connectivity index (χ0) is 35.3. The van der Waals surface area contributed by atoms with Gasteiger partial charge in [-0.1, -0.05) is 188 Å². The molecular formula is C42H80O6. The monoisotopic (exact) mass is 681 g/mol. The van der Waals surface area contributed by atoms with Crippen molar-refractivity contribution in [1.82, 2.24) is 0 Å². The van der Waals surface area contributed by atoms with E-state index < -0.39 is 6.10 Å². The van der Waals surface area contributed by atoms with Crippen molar-refractivity contribution in [2.24, 2.45) is 5.92 Å². The number of carbonyl (C=O) groups is 3. The minimum atomic E-state index is -0.757. The molecule has 1 atom stereocenters. The van der Waals surface area contributed by atoms with Crippen LogP contribution in [0.4, 0.5) is 0 Å². The van der Waals surface area contributed by atoms with Gasteiger partial charge in [0.25, 0.3) is 0 Å². The van der Waals surface area contributed by atoms with E-state index in [1.54, 1.807) is 0 Å². The van der Waals surface area contributed by atoms with Crippen LogP contribution < -0.4 is 0 Å². The molecule has 0 aromatic rings.